The van der Waals surface area contributed by atoms with Gasteiger partial charge in [0, 0.05) is 24.4 Å². The second-order valence-corrected chi connectivity index (χ2v) is 6.62. The van der Waals surface area contributed by atoms with Gasteiger partial charge < -0.3 is 9.42 Å². The van der Waals surface area contributed by atoms with Gasteiger partial charge in [-0.2, -0.15) is 10.1 Å². The highest BCUT2D eigenvalue weighted by Crippen LogP contribution is 2.39. The number of likely N-dealkylation sites (tertiary alicyclic amines) is 1. The first-order valence-corrected chi connectivity index (χ1v) is 8.35. The smallest absolute Gasteiger partial charge is 0.275 e. The Hall–Kier alpha value is -2.70. The molecule has 1 saturated carbocycles. The molecule has 122 valence electrons. The zero-order valence-corrected chi connectivity index (χ0v) is 13.1. The molecule has 7 heteroatoms. The lowest BCUT2D eigenvalue weighted by atomic mass is 10.1. The van der Waals surface area contributed by atoms with Crippen LogP contribution < -0.4 is 0 Å². The van der Waals surface area contributed by atoms with Gasteiger partial charge in [0.05, 0.1) is 11.4 Å². The Labute approximate surface area is 138 Å². The van der Waals surface area contributed by atoms with Gasteiger partial charge in [0.2, 0.25) is 5.89 Å². The zero-order chi connectivity index (χ0) is 16.1. The van der Waals surface area contributed by atoms with Crippen LogP contribution in [0.25, 0.3) is 10.9 Å². The van der Waals surface area contributed by atoms with Crippen molar-refractivity contribution in [2.45, 2.75) is 31.1 Å². The number of amides is 1. The standard InChI is InChI=1S/C17H17N5O2/c23-17(14-12-3-1-2-4-13(12)19-20-14)22-8-7-11(9-22)16-18-15(21-24-16)10-5-6-10/h1-4,10-11H,5-9H2,(H,19,20). The van der Waals surface area contributed by atoms with Crippen molar-refractivity contribution < 1.29 is 9.32 Å². The first kappa shape index (κ1) is 13.7. The quantitative estimate of drug-likeness (QED) is 0.800. The Morgan fingerprint density at radius 3 is 2.96 bits per heavy atom. The zero-order valence-electron chi connectivity index (χ0n) is 13.1. The van der Waals surface area contributed by atoms with E-state index in [1.165, 1.54) is 0 Å². The number of nitrogens with one attached hydrogen (secondary N) is 1. The van der Waals surface area contributed by atoms with Crippen LogP contribution in [0.3, 0.4) is 0 Å². The monoisotopic (exact) mass is 323 g/mol. The van der Waals surface area contributed by atoms with Crippen molar-refractivity contribution in [3.63, 3.8) is 0 Å². The molecule has 2 aromatic heterocycles. The highest BCUT2D eigenvalue weighted by atomic mass is 16.5. The average molecular weight is 323 g/mol. The first-order valence-electron chi connectivity index (χ1n) is 8.35. The van der Waals surface area contributed by atoms with Gasteiger partial charge in [0.25, 0.3) is 5.91 Å². The summed E-state index contributed by atoms with van der Waals surface area (Å²) in [5, 5.41) is 12.1. The number of nitrogens with zero attached hydrogens (tertiary/aromatic N) is 4. The van der Waals surface area contributed by atoms with Gasteiger partial charge in [0.1, 0.15) is 0 Å². The first-order chi connectivity index (χ1) is 11.8. The van der Waals surface area contributed by atoms with E-state index < -0.39 is 0 Å². The van der Waals surface area contributed by atoms with E-state index in [2.05, 4.69) is 20.3 Å². The number of carbonyl (C=O) groups is 1. The summed E-state index contributed by atoms with van der Waals surface area (Å²) in [5.74, 6) is 2.06. The van der Waals surface area contributed by atoms with Gasteiger partial charge in [-0.15, -0.1) is 0 Å². The summed E-state index contributed by atoms with van der Waals surface area (Å²) in [6, 6.07) is 7.68. The third-order valence-corrected chi connectivity index (χ3v) is 4.90. The molecule has 1 amide bonds. The molecule has 7 nitrogen and oxygen atoms in total. The van der Waals surface area contributed by atoms with Crippen LogP contribution >= 0.6 is 0 Å². The van der Waals surface area contributed by atoms with E-state index in [1.54, 1.807) is 0 Å². The number of rotatable bonds is 3. The molecule has 3 aromatic rings. The minimum absolute atomic E-state index is 0.0446. The highest BCUT2D eigenvalue weighted by molar-refractivity contribution is 6.04. The van der Waals surface area contributed by atoms with Gasteiger partial charge in [-0.05, 0) is 25.3 Å². The molecule has 1 aromatic carbocycles. The lowest BCUT2D eigenvalue weighted by molar-refractivity contribution is 0.0785. The second-order valence-electron chi connectivity index (χ2n) is 6.62. The fourth-order valence-electron chi connectivity index (χ4n) is 3.34. The number of hydrogen-bond donors (Lipinski definition) is 1. The molecular formula is C17H17N5O2. The van der Waals surface area contributed by atoms with E-state index >= 15 is 0 Å². The van der Waals surface area contributed by atoms with Crippen LogP contribution in [0.2, 0.25) is 0 Å². The lowest BCUT2D eigenvalue weighted by Crippen LogP contribution is -2.29. The molecule has 24 heavy (non-hydrogen) atoms. The van der Waals surface area contributed by atoms with Crippen molar-refractivity contribution in [1.29, 1.82) is 0 Å². The van der Waals surface area contributed by atoms with Crippen molar-refractivity contribution in [2.75, 3.05) is 13.1 Å². The SMILES string of the molecule is O=C(c1n[nH]c2ccccc12)N1CCC(c2nc(C3CC3)no2)C1. The normalized spacial score (nSPS) is 20.8. The Bertz CT molecular complexity index is 910. The molecule has 1 saturated heterocycles. The third kappa shape index (κ3) is 2.19. The number of aromatic nitrogens is 4. The third-order valence-electron chi connectivity index (χ3n) is 4.90. The predicted octanol–water partition coefficient (Wildman–Crippen LogP) is 2.45. The summed E-state index contributed by atoms with van der Waals surface area (Å²) >= 11 is 0. The van der Waals surface area contributed by atoms with Crippen LogP contribution in [0, 0.1) is 0 Å². The van der Waals surface area contributed by atoms with Crippen LogP contribution in [0.4, 0.5) is 0 Å². The molecule has 3 heterocycles. The number of benzene rings is 1. The van der Waals surface area contributed by atoms with Gasteiger partial charge in [-0.1, -0.05) is 23.4 Å². The van der Waals surface area contributed by atoms with E-state index in [4.69, 9.17) is 4.52 Å². The van der Waals surface area contributed by atoms with Crippen molar-refractivity contribution >= 4 is 16.8 Å². The van der Waals surface area contributed by atoms with E-state index in [9.17, 15) is 4.79 Å². The fraction of sp³-hybridized carbons (Fsp3) is 0.412. The lowest BCUT2D eigenvalue weighted by Gasteiger charge is -2.14. The Balaban J connectivity index is 1.35. The summed E-state index contributed by atoms with van der Waals surface area (Å²) in [6.07, 6.45) is 3.15. The molecule has 2 fully saturated rings. The summed E-state index contributed by atoms with van der Waals surface area (Å²) in [7, 11) is 0. The van der Waals surface area contributed by atoms with Crippen molar-refractivity contribution in [3.8, 4) is 0 Å². The van der Waals surface area contributed by atoms with E-state index in [-0.39, 0.29) is 11.8 Å². The average Bonchev–Trinajstić information content (AvgIpc) is 3.07. The number of aromatic amines is 1. The van der Waals surface area contributed by atoms with Crippen LogP contribution in [-0.2, 0) is 0 Å². The van der Waals surface area contributed by atoms with Gasteiger partial charge in [-0.25, -0.2) is 0 Å². The van der Waals surface area contributed by atoms with Crippen LogP contribution in [0.15, 0.2) is 28.8 Å². The summed E-state index contributed by atoms with van der Waals surface area (Å²) in [4.78, 5) is 19.1. The molecule has 1 aliphatic carbocycles. The Kier molecular flexibility index (Phi) is 2.95. The molecule has 1 unspecified atom stereocenters. The van der Waals surface area contributed by atoms with E-state index in [0.717, 1.165) is 36.0 Å². The molecule has 0 bridgehead atoms. The molecule has 0 spiro atoms. The van der Waals surface area contributed by atoms with Crippen LogP contribution in [-0.4, -0.2) is 44.2 Å². The minimum atomic E-state index is -0.0446. The molecule has 0 radical (unpaired) electrons. The van der Waals surface area contributed by atoms with Crippen molar-refractivity contribution in [3.05, 3.63) is 41.7 Å². The van der Waals surface area contributed by atoms with Gasteiger partial charge >= 0.3 is 0 Å². The number of fused-ring (bicyclic) bond motifs is 1. The van der Waals surface area contributed by atoms with E-state index in [0.29, 0.717) is 30.6 Å². The van der Waals surface area contributed by atoms with Crippen molar-refractivity contribution in [2.24, 2.45) is 0 Å². The number of H-pyrrole nitrogens is 1. The van der Waals surface area contributed by atoms with Gasteiger partial charge in [-0.3, -0.25) is 9.89 Å². The summed E-state index contributed by atoms with van der Waals surface area (Å²) < 4.78 is 5.42. The largest absolute Gasteiger partial charge is 0.339 e. The van der Waals surface area contributed by atoms with Crippen molar-refractivity contribution in [1.82, 2.24) is 25.2 Å². The predicted molar refractivity (Wildman–Crippen MR) is 85.6 cm³/mol. The maximum atomic E-state index is 12.8. The maximum Gasteiger partial charge on any atom is 0.275 e. The highest BCUT2D eigenvalue weighted by Gasteiger charge is 2.35. The van der Waals surface area contributed by atoms with Crippen LogP contribution in [0.1, 0.15) is 53.3 Å². The Morgan fingerprint density at radius 1 is 1.21 bits per heavy atom. The van der Waals surface area contributed by atoms with Crippen LogP contribution in [0.5, 0.6) is 0 Å². The maximum absolute atomic E-state index is 12.8. The fourth-order valence-corrected chi connectivity index (χ4v) is 3.34. The molecular weight excluding hydrogens is 306 g/mol. The van der Waals surface area contributed by atoms with Gasteiger partial charge in [0.15, 0.2) is 11.5 Å². The van der Waals surface area contributed by atoms with E-state index in [1.807, 2.05) is 29.2 Å². The second kappa shape index (κ2) is 5.15. The molecule has 2 aliphatic rings. The summed E-state index contributed by atoms with van der Waals surface area (Å²) in [6.45, 7) is 1.29. The molecule has 1 aliphatic heterocycles. The Morgan fingerprint density at radius 2 is 2.08 bits per heavy atom. The number of para-hydroxylation sites is 1. The number of carbonyl (C=O) groups excluding carboxylic acids is 1. The minimum Gasteiger partial charge on any atom is -0.339 e. The number of hydrogen-bond acceptors (Lipinski definition) is 5. The molecule has 1 N–H and O–H groups in total. The topological polar surface area (TPSA) is 87.9 Å². The summed E-state index contributed by atoms with van der Waals surface area (Å²) in [5.41, 5.74) is 1.36. The molecule has 1 atom stereocenters. The molecule has 5 rings (SSSR count).